The Balaban J connectivity index is 2.34. The Hall–Kier alpha value is -0.440. The largest absolute Gasteiger partial charge is 0.299 e. The van der Waals surface area contributed by atoms with Gasteiger partial charge in [-0.2, -0.15) is 5.11 Å². The van der Waals surface area contributed by atoms with Gasteiger partial charge in [-0.25, -0.2) is 5.53 Å². The molecule has 1 fully saturated rings. The minimum Gasteiger partial charge on any atom is -0.299 e. The van der Waals surface area contributed by atoms with Crippen LogP contribution in [0.3, 0.4) is 0 Å². The second kappa shape index (κ2) is 3.66. The van der Waals surface area contributed by atoms with E-state index in [0.29, 0.717) is 12.6 Å². The highest BCUT2D eigenvalue weighted by molar-refractivity contribution is 4.78. The Morgan fingerprint density at radius 2 is 2.50 bits per heavy atom. The third kappa shape index (κ3) is 1.53. The van der Waals surface area contributed by atoms with Gasteiger partial charge in [-0.05, 0) is 25.9 Å². The summed E-state index contributed by atoms with van der Waals surface area (Å²) >= 11 is 0. The Kier molecular flexibility index (Phi) is 2.81. The van der Waals surface area contributed by atoms with Crippen LogP contribution >= 0.6 is 0 Å². The van der Waals surface area contributed by atoms with Crippen LogP contribution in [-0.4, -0.2) is 30.6 Å². The maximum atomic E-state index is 6.73. The van der Waals surface area contributed by atoms with Crippen LogP contribution in [0.4, 0.5) is 0 Å². The van der Waals surface area contributed by atoms with E-state index in [2.05, 4.69) is 16.9 Å². The molecule has 0 aromatic heterocycles. The third-order valence-electron chi connectivity index (χ3n) is 2.21. The zero-order valence-electron chi connectivity index (χ0n) is 6.51. The molecule has 0 radical (unpaired) electrons. The third-order valence-corrected chi connectivity index (χ3v) is 2.21. The van der Waals surface area contributed by atoms with Crippen molar-refractivity contribution >= 4 is 0 Å². The lowest BCUT2D eigenvalue weighted by atomic mass is 10.2. The molecule has 1 N–H and O–H groups in total. The van der Waals surface area contributed by atoms with Crippen LogP contribution in [0, 0.1) is 5.53 Å². The van der Waals surface area contributed by atoms with Gasteiger partial charge in [-0.3, -0.25) is 4.90 Å². The van der Waals surface area contributed by atoms with Gasteiger partial charge in [0.1, 0.15) is 0 Å². The highest BCUT2D eigenvalue weighted by atomic mass is 15.2. The molecule has 1 aliphatic heterocycles. The molecule has 1 heterocycles. The topological polar surface area (TPSA) is 39.5 Å². The van der Waals surface area contributed by atoms with Gasteiger partial charge in [0.05, 0.1) is 6.54 Å². The van der Waals surface area contributed by atoms with Crippen LogP contribution in [0.1, 0.15) is 19.8 Å². The number of likely N-dealkylation sites (tertiary alicyclic amines) is 1. The average Bonchev–Trinajstić information content (AvgIpc) is 2.36. The van der Waals surface area contributed by atoms with Gasteiger partial charge in [0.25, 0.3) is 0 Å². The van der Waals surface area contributed by atoms with Crippen molar-refractivity contribution in [2.45, 2.75) is 25.8 Å². The van der Waals surface area contributed by atoms with Crippen LogP contribution in [0.2, 0.25) is 0 Å². The molecule has 0 aliphatic carbocycles. The van der Waals surface area contributed by atoms with Crippen molar-refractivity contribution in [2.75, 3.05) is 19.6 Å². The SMILES string of the molecule is CCN1CCCC1CN=N. The summed E-state index contributed by atoms with van der Waals surface area (Å²) in [6, 6.07) is 0.572. The summed E-state index contributed by atoms with van der Waals surface area (Å²) in [7, 11) is 0. The van der Waals surface area contributed by atoms with Gasteiger partial charge in [-0.15, -0.1) is 0 Å². The Morgan fingerprint density at radius 1 is 1.70 bits per heavy atom. The number of hydrogen-bond acceptors (Lipinski definition) is 3. The molecule has 1 aliphatic rings. The van der Waals surface area contributed by atoms with Gasteiger partial charge in [-0.1, -0.05) is 6.92 Å². The van der Waals surface area contributed by atoms with E-state index >= 15 is 0 Å². The van der Waals surface area contributed by atoms with Crippen molar-refractivity contribution in [3.63, 3.8) is 0 Å². The summed E-state index contributed by atoms with van der Waals surface area (Å²) in [6.45, 7) is 5.19. The standard InChI is InChI=1S/C7H15N3/c1-2-10-5-3-4-7(10)6-9-8/h7-8H,2-6H2,1H3. The quantitative estimate of drug-likeness (QED) is 0.594. The molecule has 3 heteroatoms. The summed E-state index contributed by atoms with van der Waals surface area (Å²) in [6.07, 6.45) is 2.52. The molecular weight excluding hydrogens is 126 g/mol. The molecule has 10 heavy (non-hydrogen) atoms. The summed E-state index contributed by atoms with van der Waals surface area (Å²) in [5, 5.41) is 3.42. The molecule has 0 aromatic rings. The van der Waals surface area contributed by atoms with Crippen LogP contribution in [-0.2, 0) is 0 Å². The molecule has 0 saturated carbocycles. The van der Waals surface area contributed by atoms with Crippen molar-refractivity contribution < 1.29 is 0 Å². The normalized spacial score (nSPS) is 27.1. The summed E-state index contributed by atoms with van der Waals surface area (Å²) in [5.74, 6) is 0. The van der Waals surface area contributed by atoms with E-state index in [-0.39, 0.29) is 0 Å². The van der Waals surface area contributed by atoms with Crippen LogP contribution in [0.5, 0.6) is 0 Å². The van der Waals surface area contributed by atoms with Gasteiger partial charge < -0.3 is 0 Å². The van der Waals surface area contributed by atoms with Crippen molar-refractivity contribution in [2.24, 2.45) is 5.11 Å². The lowest BCUT2D eigenvalue weighted by Crippen LogP contribution is -2.31. The molecule has 1 unspecified atom stereocenters. The summed E-state index contributed by atoms with van der Waals surface area (Å²) < 4.78 is 0. The summed E-state index contributed by atoms with van der Waals surface area (Å²) in [4.78, 5) is 2.40. The number of hydrogen-bond donors (Lipinski definition) is 1. The molecule has 1 saturated heterocycles. The van der Waals surface area contributed by atoms with Gasteiger partial charge in [0.15, 0.2) is 0 Å². The predicted octanol–water partition coefficient (Wildman–Crippen LogP) is 1.50. The monoisotopic (exact) mass is 141 g/mol. The molecule has 58 valence electrons. The van der Waals surface area contributed by atoms with Gasteiger partial charge in [0.2, 0.25) is 0 Å². The van der Waals surface area contributed by atoms with Gasteiger partial charge >= 0.3 is 0 Å². The van der Waals surface area contributed by atoms with Crippen molar-refractivity contribution in [1.29, 1.82) is 5.53 Å². The smallest absolute Gasteiger partial charge is 0.0751 e. The van der Waals surface area contributed by atoms with Gasteiger partial charge in [0, 0.05) is 6.04 Å². The fraction of sp³-hybridized carbons (Fsp3) is 1.00. The van der Waals surface area contributed by atoms with E-state index in [1.807, 2.05) is 0 Å². The maximum absolute atomic E-state index is 6.73. The van der Waals surface area contributed by atoms with E-state index in [4.69, 9.17) is 5.53 Å². The first-order valence-corrected chi connectivity index (χ1v) is 3.95. The van der Waals surface area contributed by atoms with Crippen molar-refractivity contribution in [3.8, 4) is 0 Å². The molecule has 0 amide bonds. The van der Waals surface area contributed by atoms with Crippen LogP contribution in [0.15, 0.2) is 5.11 Å². The van der Waals surface area contributed by atoms with Crippen molar-refractivity contribution in [1.82, 2.24) is 4.90 Å². The van der Waals surface area contributed by atoms with Crippen molar-refractivity contribution in [3.05, 3.63) is 0 Å². The first kappa shape index (κ1) is 7.66. The molecule has 0 bridgehead atoms. The Morgan fingerprint density at radius 3 is 3.10 bits per heavy atom. The molecule has 0 aromatic carbocycles. The summed E-state index contributed by atoms with van der Waals surface area (Å²) in [5.41, 5.74) is 6.73. The molecule has 0 spiro atoms. The lowest BCUT2D eigenvalue weighted by molar-refractivity contribution is 0.270. The Labute approximate surface area is 61.9 Å². The second-order valence-electron chi connectivity index (χ2n) is 2.77. The molecular formula is C7H15N3. The fourth-order valence-corrected chi connectivity index (χ4v) is 1.62. The number of nitrogens with one attached hydrogen (secondary N) is 1. The first-order valence-electron chi connectivity index (χ1n) is 3.95. The molecule has 3 nitrogen and oxygen atoms in total. The van der Waals surface area contributed by atoms with E-state index in [1.165, 1.54) is 19.4 Å². The van der Waals surface area contributed by atoms with E-state index in [1.54, 1.807) is 0 Å². The minimum atomic E-state index is 0.572. The van der Waals surface area contributed by atoms with Crippen LogP contribution in [0.25, 0.3) is 0 Å². The molecule has 1 atom stereocenters. The predicted molar refractivity (Wildman–Crippen MR) is 40.3 cm³/mol. The van der Waals surface area contributed by atoms with E-state index < -0.39 is 0 Å². The lowest BCUT2D eigenvalue weighted by Gasteiger charge is -2.19. The maximum Gasteiger partial charge on any atom is 0.0751 e. The van der Waals surface area contributed by atoms with E-state index in [0.717, 1.165) is 6.54 Å². The zero-order valence-corrected chi connectivity index (χ0v) is 6.51. The van der Waals surface area contributed by atoms with E-state index in [9.17, 15) is 0 Å². The average molecular weight is 141 g/mol. The number of likely N-dealkylation sites (N-methyl/N-ethyl adjacent to an activating group) is 1. The molecule has 1 rings (SSSR count). The fourth-order valence-electron chi connectivity index (χ4n) is 1.62. The Bertz CT molecular complexity index is 113. The first-order chi connectivity index (χ1) is 4.88. The number of rotatable bonds is 3. The highest BCUT2D eigenvalue weighted by Gasteiger charge is 2.21. The second-order valence-corrected chi connectivity index (χ2v) is 2.77. The van der Waals surface area contributed by atoms with Crippen LogP contribution < -0.4 is 0 Å². The highest BCUT2D eigenvalue weighted by Crippen LogP contribution is 2.16. The zero-order chi connectivity index (χ0) is 7.40. The minimum absolute atomic E-state index is 0.572. The number of nitrogens with zero attached hydrogens (tertiary/aromatic N) is 2.